The molecule has 1 aromatic heterocycles. The first-order valence-electron chi connectivity index (χ1n) is 12.3. The Morgan fingerprint density at radius 3 is 2.46 bits per heavy atom. The van der Waals surface area contributed by atoms with E-state index in [0.29, 0.717) is 60.5 Å². The van der Waals surface area contributed by atoms with Crippen LogP contribution in [0.4, 0.5) is 11.4 Å². The number of fused-ring (bicyclic) bond motifs is 1. The molecule has 1 fully saturated rings. The number of hydrogen-bond donors (Lipinski definition) is 1. The zero-order valence-electron chi connectivity index (χ0n) is 21.5. The van der Waals surface area contributed by atoms with E-state index in [9.17, 15) is 9.59 Å². The molecule has 0 radical (unpaired) electrons. The fourth-order valence-electron chi connectivity index (χ4n) is 4.15. The van der Waals surface area contributed by atoms with Gasteiger partial charge in [-0.1, -0.05) is 0 Å². The van der Waals surface area contributed by atoms with Gasteiger partial charge in [0.1, 0.15) is 22.8 Å². The average Bonchev–Trinajstić information content (AvgIpc) is 3.25. The van der Waals surface area contributed by atoms with Crippen molar-refractivity contribution in [3.63, 3.8) is 0 Å². The van der Waals surface area contributed by atoms with E-state index in [-0.39, 0.29) is 5.76 Å². The number of nitrogens with zero attached hydrogens (tertiary/aromatic N) is 1. The maximum atomic E-state index is 12.7. The maximum absolute atomic E-state index is 12.7. The Labute approximate surface area is 215 Å². The van der Waals surface area contributed by atoms with Crippen molar-refractivity contribution in [3.8, 4) is 17.2 Å². The molecular formula is C27H32N2O8. The number of morpholine rings is 1. The summed E-state index contributed by atoms with van der Waals surface area (Å²) in [5.74, 6) is 0.547. The predicted molar refractivity (Wildman–Crippen MR) is 138 cm³/mol. The molecule has 0 aliphatic carbocycles. The molecule has 0 spiro atoms. The fraction of sp³-hybridized carbons (Fsp3) is 0.407. The van der Waals surface area contributed by atoms with Crippen LogP contribution in [-0.4, -0.2) is 65.1 Å². The number of hydrogen-bond acceptors (Lipinski definition) is 9. The lowest BCUT2D eigenvalue weighted by atomic mass is 10.1. The van der Waals surface area contributed by atoms with E-state index in [0.717, 1.165) is 24.2 Å². The Balaban J connectivity index is 1.48. The zero-order chi connectivity index (χ0) is 26.4. The normalized spacial score (nSPS) is 13.4. The lowest BCUT2D eigenvalue weighted by molar-refractivity contribution is -0.119. The van der Waals surface area contributed by atoms with E-state index in [1.807, 2.05) is 19.9 Å². The summed E-state index contributed by atoms with van der Waals surface area (Å²) < 4.78 is 33.3. The molecule has 0 atom stereocenters. The van der Waals surface area contributed by atoms with Crippen LogP contribution in [-0.2, 0) is 14.3 Å². The molecule has 1 aliphatic rings. The van der Waals surface area contributed by atoms with Crippen molar-refractivity contribution in [2.24, 2.45) is 0 Å². The van der Waals surface area contributed by atoms with E-state index in [1.54, 1.807) is 38.3 Å². The smallest absolute Gasteiger partial charge is 0.375 e. The second-order valence-corrected chi connectivity index (χ2v) is 8.32. The molecule has 1 N–H and O–H groups in total. The number of rotatable bonds is 10. The van der Waals surface area contributed by atoms with Crippen molar-refractivity contribution < 1.29 is 37.7 Å². The van der Waals surface area contributed by atoms with Gasteiger partial charge in [-0.25, -0.2) is 4.79 Å². The first-order chi connectivity index (χ1) is 17.9. The number of furan rings is 1. The largest absolute Gasteiger partial charge is 0.497 e. The monoisotopic (exact) mass is 512 g/mol. The molecule has 4 rings (SSSR count). The van der Waals surface area contributed by atoms with Gasteiger partial charge in [0.15, 0.2) is 6.61 Å². The van der Waals surface area contributed by atoms with Gasteiger partial charge < -0.3 is 38.3 Å². The fourth-order valence-corrected chi connectivity index (χ4v) is 4.15. The number of aryl methyl sites for hydroxylation is 1. The standard InChI is InChI=1S/C27H32N2O8/c1-5-34-23-15-21(29-9-11-33-12-10-29)24(35-6-2)14-20(23)28-25(30)16-36-27(31)26-17(3)19-13-18(32-4)7-8-22(19)37-26/h7-8,13-15H,5-6,9-12,16H2,1-4H3,(H,28,30). The first kappa shape index (κ1) is 26.2. The van der Waals surface area contributed by atoms with E-state index in [1.165, 1.54) is 0 Å². The van der Waals surface area contributed by atoms with E-state index < -0.39 is 18.5 Å². The lowest BCUT2D eigenvalue weighted by Gasteiger charge is -2.31. The highest BCUT2D eigenvalue weighted by atomic mass is 16.5. The highest BCUT2D eigenvalue weighted by Gasteiger charge is 2.23. The molecular weight excluding hydrogens is 480 g/mol. The van der Waals surface area contributed by atoms with Crippen LogP contribution in [0.15, 0.2) is 34.7 Å². The molecule has 1 aliphatic heterocycles. The van der Waals surface area contributed by atoms with Crippen molar-refractivity contribution in [2.75, 3.05) is 63.5 Å². The third-order valence-electron chi connectivity index (χ3n) is 5.95. The second-order valence-electron chi connectivity index (χ2n) is 8.32. The molecule has 1 saturated heterocycles. The third-order valence-corrected chi connectivity index (χ3v) is 5.95. The van der Waals surface area contributed by atoms with Gasteiger partial charge in [0.05, 0.1) is 44.9 Å². The van der Waals surface area contributed by atoms with Crippen LogP contribution in [0.25, 0.3) is 11.0 Å². The first-order valence-corrected chi connectivity index (χ1v) is 12.3. The molecule has 10 heteroatoms. The topological polar surface area (TPSA) is 109 Å². The summed E-state index contributed by atoms with van der Waals surface area (Å²) in [6, 6.07) is 8.83. The molecule has 1 amide bonds. The van der Waals surface area contributed by atoms with Crippen molar-refractivity contribution >= 4 is 34.2 Å². The highest BCUT2D eigenvalue weighted by molar-refractivity contribution is 5.99. The molecule has 2 aromatic carbocycles. The summed E-state index contributed by atoms with van der Waals surface area (Å²) in [4.78, 5) is 27.6. The Morgan fingerprint density at radius 2 is 1.76 bits per heavy atom. The summed E-state index contributed by atoms with van der Waals surface area (Å²) in [6.07, 6.45) is 0. The van der Waals surface area contributed by atoms with Crippen molar-refractivity contribution in [3.05, 3.63) is 41.7 Å². The van der Waals surface area contributed by atoms with Crippen LogP contribution in [0.5, 0.6) is 17.2 Å². The van der Waals surface area contributed by atoms with Gasteiger partial charge >= 0.3 is 5.97 Å². The zero-order valence-corrected chi connectivity index (χ0v) is 21.5. The van der Waals surface area contributed by atoms with Gasteiger partial charge in [-0.05, 0) is 39.0 Å². The van der Waals surface area contributed by atoms with Crippen LogP contribution >= 0.6 is 0 Å². The molecule has 37 heavy (non-hydrogen) atoms. The van der Waals surface area contributed by atoms with E-state index >= 15 is 0 Å². The van der Waals surface area contributed by atoms with Gasteiger partial charge in [-0.2, -0.15) is 0 Å². The van der Waals surface area contributed by atoms with Crippen LogP contribution in [0.3, 0.4) is 0 Å². The number of carbonyl (C=O) groups excluding carboxylic acids is 2. The summed E-state index contributed by atoms with van der Waals surface area (Å²) in [5.41, 5.74) is 2.43. The molecule has 0 bridgehead atoms. The Hall–Kier alpha value is -3.92. The van der Waals surface area contributed by atoms with Gasteiger partial charge in [-0.3, -0.25) is 4.79 Å². The molecule has 0 saturated carbocycles. The van der Waals surface area contributed by atoms with Gasteiger partial charge in [-0.15, -0.1) is 0 Å². The quantitative estimate of drug-likeness (QED) is 0.400. The average molecular weight is 513 g/mol. The summed E-state index contributed by atoms with van der Waals surface area (Å²) in [6.45, 7) is 8.57. The number of carbonyl (C=O) groups is 2. The SMILES string of the molecule is CCOc1cc(N2CCOCC2)c(OCC)cc1NC(=O)COC(=O)c1oc2ccc(OC)cc2c1C. The Morgan fingerprint density at radius 1 is 1.03 bits per heavy atom. The molecule has 198 valence electrons. The number of anilines is 2. The van der Waals surface area contributed by atoms with Gasteiger partial charge in [0.25, 0.3) is 5.91 Å². The molecule has 3 aromatic rings. The number of ether oxygens (including phenoxy) is 5. The van der Waals surface area contributed by atoms with Crippen LogP contribution in [0.1, 0.15) is 30.0 Å². The van der Waals surface area contributed by atoms with Gasteiger partial charge in [0, 0.05) is 36.2 Å². The summed E-state index contributed by atoms with van der Waals surface area (Å²) >= 11 is 0. The minimum Gasteiger partial charge on any atom is -0.497 e. The van der Waals surface area contributed by atoms with E-state index in [4.69, 9.17) is 28.1 Å². The minimum atomic E-state index is -0.731. The predicted octanol–water partition coefficient (Wildman–Crippen LogP) is 4.18. The number of esters is 1. The molecule has 10 nitrogen and oxygen atoms in total. The van der Waals surface area contributed by atoms with Gasteiger partial charge in [0.2, 0.25) is 5.76 Å². The van der Waals surface area contributed by atoms with Crippen LogP contribution in [0.2, 0.25) is 0 Å². The number of benzene rings is 2. The van der Waals surface area contributed by atoms with Crippen LogP contribution < -0.4 is 24.4 Å². The van der Waals surface area contributed by atoms with Crippen molar-refractivity contribution in [1.82, 2.24) is 0 Å². The van der Waals surface area contributed by atoms with Crippen molar-refractivity contribution in [1.29, 1.82) is 0 Å². The van der Waals surface area contributed by atoms with Crippen molar-refractivity contribution in [2.45, 2.75) is 20.8 Å². The maximum Gasteiger partial charge on any atom is 0.375 e. The summed E-state index contributed by atoms with van der Waals surface area (Å²) in [7, 11) is 1.56. The molecule has 0 unspecified atom stereocenters. The van der Waals surface area contributed by atoms with Crippen LogP contribution in [0, 0.1) is 6.92 Å². The number of nitrogens with one attached hydrogen (secondary N) is 1. The number of methoxy groups -OCH3 is 1. The highest BCUT2D eigenvalue weighted by Crippen LogP contribution is 2.39. The summed E-state index contributed by atoms with van der Waals surface area (Å²) in [5, 5.41) is 3.51. The second kappa shape index (κ2) is 11.9. The third kappa shape index (κ3) is 5.91. The Kier molecular flexibility index (Phi) is 8.39. The Bertz CT molecular complexity index is 1260. The number of amides is 1. The van der Waals surface area contributed by atoms with E-state index in [2.05, 4.69) is 10.2 Å². The molecule has 2 heterocycles. The minimum absolute atomic E-state index is 0.0413. The lowest BCUT2D eigenvalue weighted by Crippen LogP contribution is -2.36.